The van der Waals surface area contributed by atoms with Gasteiger partial charge in [-0.15, -0.1) is 22.7 Å². The molecule has 3 amide bonds. The van der Waals surface area contributed by atoms with Gasteiger partial charge < -0.3 is 35.4 Å². The largest absolute Gasteiger partial charge is 0.480 e. The second kappa shape index (κ2) is 18.5. The Morgan fingerprint density at radius 2 is 1.69 bits per heavy atom. The first kappa shape index (κ1) is 37.6. The molecule has 1 atom stereocenters. The molecule has 1 unspecified atom stereocenters. The number of hydrogen-bond donors (Lipinski definition) is 4. The van der Waals surface area contributed by atoms with Crippen molar-refractivity contribution in [2.24, 2.45) is 0 Å². The molecule has 5 rings (SSSR count). The van der Waals surface area contributed by atoms with Crippen molar-refractivity contribution in [2.75, 3.05) is 50.9 Å². The Hall–Kier alpha value is -4.67. The van der Waals surface area contributed by atoms with E-state index < -0.39 is 36.3 Å². The SMILES string of the molecule is Cc1ncsc1-c1ccc(C(CC(=O)NCCCCCCNC(=O)COc2c(-c3csc(N4CCOCC4)n3)ccc(F)c2F)NC(=O)O)cc1. The Balaban J connectivity index is 0.989. The maximum Gasteiger partial charge on any atom is 0.405 e. The molecule has 3 heterocycles. The van der Waals surface area contributed by atoms with Crippen LogP contribution in [0.3, 0.4) is 0 Å². The monoisotopic (exact) mass is 742 g/mol. The molecule has 16 heteroatoms. The summed E-state index contributed by atoms with van der Waals surface area (Å²) in [5.41, 5.74) is 5.04. The van der Waals surface area contributed by atoms with Gasteiger partial charge in [-0.3, -0.25) is 9.59 Å². The number of unbranched alkanes of at least 4 members (excludes halogenated alkanes) is 3. The minimum absolute atomic E-state index is 0.0421. The third kappa shape index (κ3) is 10.7. The summed E-state index contributed by atoms with van der Waals surface area (Å²) >= 11 is 2.91. The van der Waals surface area contributed by atoms with E-state index in [9.17, 15) is 28.3 Å². The van der Waals surface area contributed by atoms with Crippen LogP contribution in [0.25, 0.3) is 21.7 Å². The lowest BCUT2D eigenvalue weighted by Crippen LogP contribution is -2.36. The van der Waals surface area contributed by atoms with E-state index in [0.29, 0.717) is 63.5 Å². The maximum atomic E-state index is 14.8. The normalized spacial score (nSPS) is 13.4. The lowest BCUT2D eigenvalue weighted by Gasteiger charge is -2.26. The predicted octanol–water partition coefficient (Wildman–Crippen LogP) is 5.93. The van der Waals surface area contributed by atoms with E-state index in [1.165, 1.54) is 28.7 Å². The first-order valence-electron chi connectivity index (χ1n) is 16.6. The number of carbonyl (C=O) groups excluding carboxylic acids is 2. The number of carboxylic acid groups (broad SMARTS) is 1. The number of hydrogen-bond acceptors (Lipinski definition) is 10. The number of thiazole rings is 2. The Morgan fingerprint density at radius 3 is 2.35 bits per heavy atom. The molecule has 4 N–H and O–H groups in total. The fourth-order valence-electron chi connectivity index (χ4n) is 5.52. The molecular weight excluding hydrogens is 703 g/mol. The van der Waals surface area contributed by atoms with E-state index in [0.717, 1.165) is 40.2 Å². The number of aryl methyl sites for hydroxylation is 1. The fourth-order valence-corrected chi connectivity index (χ4v) is 7.21. The molecule has 4 aromatic rings. The van der Waals surface area contributed by atoms with Crippen LogP contribution in [0.2, 0.25) is 0 Å². The Bertz CT molecular complexity index is 1780. The minimum atomic E-state index is -1.21. The first-order valence-corrected chi connectivity index (χ1v) is 18.4. The van der Waals surface area contributed by atoms with Crippen LogP contribution in [-0.2, 0) is 14.3 Å². The standard InChI is InChI=1S/C35H40F2N6O6S2/c1-22-33(51-21-40-22)24-8-6-23(7-9-24)27(42-35(46)47)18-29(44)38-12-4-2-3-5-13-39-30(45)19-49-32-25(10-11-26(36)31(32)37)28-20-50-34(41-28)43-14-16-48-17-15-43/h6-11,20-21,27,42H,2-5,12-19H2,1H3,(H,38,44)(H,39,45)(H,46,47). The summed E-state index contributed by atoms with van der Waals surface area (Å²) in [6.07, 6.45) is 1.69. The van der Waals surface area contributed by atoms with Crippen molar-refractivity contribution in [1.82, 2.24) is 25.9 Å². The third-order valence-corrected chi connectivity index (χ3v) is 10.1. The first-order chi connectivity index (χ1) is 24.7. The number of morpholine rings is 1. The second-order valence-electron chi connectivity index (χ2n) is 11.9. The molecular formula is C35H40F2N6O6S2. The van der Waals surface area contributed by atoms with Gasteiger partial charge in [0.05, 0.1) is 47.5 Å². The minimum Gasteiger partial charge on any atom is -0.480 e. The van der Waals surface area contributed by atoms with E-state index in [-0.39, 0.29) is 23.6 Å². The van der Waals surface area contributed by atoms with Crippen LogP contribution < -0.4 is 25.6 Å². The highest BCUT2D eigenvalue weighted by Crippen LogP contribution is 2.36. The molecule has 272 valence electrons. The number of amides is 3. The topological polar surface area (TPSA) is 155 Å². The molecule has 0 aliphatic carbocycles. The molecule has 1 aliphatic rings. The molecule has 1 saturated heterocycles. The van der Waals surface area contributed by atoms with Gasteiger partial charge in [0.25, 0.3) is 5.91 Å². The summed E-state index contributed by atoms with van der Waals surface area (Å²) in [6, 6.07) is 9.12. The number of ether oxygens (including phenoxy) is 2. The number of halogens is 2. The van der Waals surface area contributed by atoms with E-state index in [1.807, 2.05) is 31.2 Å². The van der Waals surface area contributed by atoms with E-state index in [2.05, 4.69) is 30.8 Å². The third-order valence-electron chi connectivity index (χ3n) is 8.20. The Labute approximate surface area is 302 Å². The molecule has 2 aromatic carbocycles. The molecule has 0 bridgehead atoms. The van der Waals surface area contributed by atoms with Gasteiger partial charge in [0.1, 0.15) is 0 Å². The number of nitrogens with one attached hydrogen (secondary N) is 3. The zero-order chi connectivity index (χ0) is 36.2. The molecule has 2 aromatic heterocycles. The summed E-state index contributed by atoms with van der Waals surface area (Å²) in [4.78, 5) is 48.4. The molecule has 51 heavy (non-hydrogen) atoms. The number of rotatable bonds is 17. The van der Waals surface area contributed by atoms with Crippen molar-refractivity contribution in [2.45, 2.75) is 45.1 Å². The Kier molecular flexibility index (Phi) is 13.7. The number of anilines is 1. The van der Waals surface area contributed by atoms with Crippen molar-refractivity contribution in [3.8, 4) is 27.4 Å². The summed E-state index contributed by atoms with van der Waals surface area (Å²) in [5.74, 6) is -3.37. The highest BCUT2D eigenvalue weighted by Gasteiger charge is 2.22. The van der Waals surface area contributed by atoms with Crippen molar-refractivity contribution in [3.05, 3.63) is 70.2 Å². The molecule has 1 aliphatic heterocycles. The maximum absolute atomic E-state index is 14.8. The average Bonchev–Trinajstić information content (AvgIpc) is 3.79. The van der Waals surface area contributed by atoms with Crippen molar-refractivity contribution >= 4 is 45.7 Å². The van der Waals surface area contributed by atoms with Gasteiger partial charge in [0.2, 0.25) is 11.7 Å². The number of nitrogens with zero attached hydrogens (tertiary/aromatic N) is 3. The van der Waals surface area contributed by atoms with Gasteiger partial charge in [-0.1, -0.05) is 37.1 Å². The highest BCUT2D eigenvalue weighted by atomic mass is 32.1. The number of benzene rings is 2. The van der Waals surface area contributed by atoms with Gasteiger partial charge in [0.15, 0.2) is 23.3 Å². The van der Waals surface area contributed by atoms with Gasteiger partial charge in [-0.2, -0.15) is 4.39 Å². The summed E-state index contributed by atoms with van der Waals surface area (Å²) in [5, 5.41) is 19.8. The quantitative estimate of drug-likeness (QED) is 0.0965. The molecule has 0 radical (unpaired) electrons. The zero-order valence-corrected chi connectivity index (χ0v) is 29.7. The molecule has 0 saturated carbocycles. The van der Waals surface area contributed by atoms with Crippen LogP contribution in [0.4, 0.5) is 18.7 Å². The summed E-state index contributed by atoms with van der Waals surface area (Å²) in [7, 11) is 0. The van der Waals surface area contributed by atoms with Crippen LogP contribution in [-0.4, -0.2) is 79.0 Å². The summed E-state index contributed by atoms with van der Waals surface area (Å²) < 4.78 is 39.7. The van der Waals surface area contributed by atoms with Crippen molar-refractivity contribution in [1.29, 1.82) is 0 Å². The summed E-state index contributed by atoms with van der Waals surface area (Å²) in [6.45, 7) is 4.77. The molecule has 12 nitrogen and oxygen atoms in total. The van der Waals surface area contributed by atoms with Gasteiger partial charge in [0, 0.05) is 37.1 Å². The van der Waals surface area contributed by atoms with E-state index >= 15 is 0 Å². The van der Waals surface area contributed by atoms with Crippen LogP contribution >= 0.6 is 22.7 Å². The van der Waals surface area contributed by atoms with Gasteiger partial charge in [-0.05, 0) is 43.0 Å². The number of carbonyl (C=O) groups is 3. The van der Waals surface area contributed by atoms with Crippen LogP contribution in [0.1, 0.15) is 49.4 Å². The van der Waals surface area contributed by atoms with Crippen LogP contribution in [0.5, 0.6) is 5.75 Å². The molecule has 1 fully saturated rings. The fraction of sp³-hybridized carbons (Fsp3) is 0.400. The lowest BCUT2D eigenvalue weighted by molar-refractivity contribution is -0.123. The van der Waals surface area contributed by atoms with Crippen LogP contribution in [0.15, 0.2) is 47.3 Å². The highest BCUT2D eigenvalue weighted by molar-refractivity contribution is 7.14. The van der Waals surface area contributed by atoms with E-state index in [4.69, 9.17) is 9.47 Å². The van der Waals surface area contributed by atoms with E-state index in [1.54, 1.807) is 10.9 Å². The van der Waals surface area contributed by atoms with Crippen molar-refractivity contribution < 1.29 is 37.7 Å². The lowest BCUT2D eigenvalue weighted by atomic mass is 10.0. The van der Waals surface area contributed by atoms with Crippen molar-refractivity contribution in [3.63, 3.8) is 0 Å². The van der Waals surface area contributed by atoms with Gasteiger partial charge >= 0.3 is 6.09 Å². The van der Waals surface area contributed by atoms with Gasteiger partial charge in [-0.25, -0.2) is 19.2 Å². The number of aromatic nitrogens is 2. The zero-order valence-electron chi connectivity index (χ0n) is 28.1. The average molecular weight is 743 g/mol. The second-order valence-corrected chi connectivity index (χ2v) is 13.5. The molecule has 0 spiro atoms. The van der Waals surface area contributed by atoms with Crippen LogP contribution in [0, 0.1) is 18.6 Å². The smallest absolute Gasteiger partial charge is 0.405 e. The Morgan fingerprint density at radius 1 is 0.980 bits per heavy atom. The predicted molar refractivity (Wildman–Crippen MR) is 191 cm³/mol.